The molecule has 0 bridgehead atoms. The molecule has 0 atom stereocenters. The maximum atomic E-state index is 12.9. The molecule has 0 saturated heterocycles. The normalized spacial score (nSPS) is 14.0. The number of carboxylic acids is 1. The lowest BCUT2D eigenvalue weighted by Gasteiger charge is -2.08. The van der Waals surface area contributed by atoms with Gasteiger partial charge in [-0.25, -0.2) is 9.78 Å². The highest BCUT2D eigenvalue weighted by atomic mass is 16.5. The van der Waals surface area contributed by atoms with E-state index in [0.29, 0.717) is 36.3 Å². The Morgan fingerprint density at radius 3 is 2.70 bits per heavy atom. The number of allylic oxidation sites excluding steroid dienone is 1. The summed E-state index contributed by atoms with van der Waals surface area (Å²) in [7, 11) is 0. The molecule has 3 aromatic rings. The van der Waals surface area contributed by atoms with Crippen molar-refractivity contribution in [2.24, 2.45) is 0 Å². The number of aliphatic carboxylic acids is 1. The molecule has 1 amide bonds. The SMILES string of the molecule is CCOc1ccc(C=C2CCn3c2nc2cc(NC(=O)C(=O)O)ccc2c3=O)cc1. The van der Waals surface area contributed by atoms with Crippen molar-refractivity contribution in [2.45, 2.75) is 19.9 Å². The first kappa shape index (κ1) is 19.4. The number of nitrogens with zero attached hydrogens (tertiary/aromatic N) is 2. The van der Waals surface area contributed by atoms with Crippen LogP contribution in [0.5, 0.6) is 5.75 Å². The van der Waals surface area contributed by atoms with Crippen LogP contribution in [0.2, 0.25) is 0 Å². The topological polar surface area (TPSA) is 111 Å². The van der Waals surface area contributed by atoms with Crippen molar-refractivity contribution in [2.75, 3.05) is 11.9 Å². The Kier molecular flexibility index (Phi) is 5.05. The Hall–Kier alpha value is -3.94. The van der Waals surface area contributed by atoms with Gasteiger partial charge in [-0.05, 0) is 60.9 Å². The fraction of sp³-hybridized carbons (Fsp3) is 0.182. The number of carboxylic acid groups (broad SMARTS) is 1. The number of fused-ring (bicyclic) bond motifs is 2. The number of amides is 1. The summed E-state index contributed by atoms with van der Waals surface area (Å²) in [6, 6.07) is 12.2. The second-order valence-electron chi connectivity index (χ2n) is 6.81. The van der Waals surface area contributed by atoms with Crippen molar-refractivity contribution in [3.8, 4) is 5.75 Å². The molecule has 2 aromatic carbocycles. The first-order valence-electron chi connectivity index (χ1n) is 9.49. The van der Waals surface area contributed by atoms with Crippen molar-refractivity contribution in [1.29, 1.82) is 0 Å². The maximum absolute atomic E-state index is 12.9. The fourth-order valence-electron chi connectivity index (χ4n) is 3.44. The Labute approximate surface area is 171 Å². The van der Waals surface area contributed by atoms with Gasteiger partial charge in [-0.3, -0.25) is 14.2 Å². The van der Waals surface area contributed by atoms with Gasteiger partial charge in [-0.15, -0.1) is 0 Å². The summed E-state index contributed by atoms with van der Waals surface area (Å²) in [4.78, 5) is 39.7. The molecule has 2 N–H and O–H groups in total. The average molecular weight is 405 g/mol. The van der Waals surface area contributed by atoms with Crippen LogP contribution in [0.25, 0.3) is 22.6 Å². The third-order valence-corrected chi connectivity index (χ3v) is 4.83. The number of hydrogen-bond donors (Lipinski definition) is 2. The fourth-order valence-corrected chi connectivity index (χ4v) is 3.44. The number of rotatable bonds is 4. The standard InChI is InChI=1S/C22H19N3O5/c1-2-30-16-6-3-13(4-7-16)11-14-9-10-25-19(14)24-18-12-15(23-20(26)22(28)29)5-8-17(18)21(25)27/h3-8,11-12H,2,9-10H2,1H3,(H,23,26)(H,28,29). The van der Waals surface area contributed by atoms with E-state index in [4.69, 9.17) is 9.84 Å². The van der Waals surface area contributed by atoms with Gasteiger partial charge >= 0.3 is 11.9 Å². The molecule has 30 heavy (non-hydrogen) atoms. The molecule has 0 unspecified atom stereocenters. The Morgan fingerprint density at radius 2 is 2.00 bits per heavy atom. The van der Waals surface area contributed by atoms with Gasteiger partial charge in [0.1, 0.15) is 11.6 Å². The summed E-state index contributed by atoms with van der Waals surface area (Å²) in [6.07, 6.45) is 2.66. The second-order valence-corrected chi connectivity index (χ2v) is 6.81. The van der Waals surface area contributed by atoms with Crippen molar-refractivity contribution >= 4 is 40.1 Å². The van der Waals surface area contributed by atoms with Gasteiger partial charge in [-0.1, -0.05) is 12.1 Å². The van der Waals surface area contributed by atoms with E-state index in [1.165, 1.54) is 12.1 Å². The second kappa shape index (κ2) is 7.82. The molecule has 4 rings (SSSR count). The van der Waals surface area contributed by atoms with Crippen LogP contribution in [-0.4, -0.2) is 33.1 Å². The minimum absolute atomic E-state index is 0.166. The zero-order valence-electron chi connectivity index (χ0n) is 16.2. The molecule has 1 aliphatic rings. The van der Waals surface area contributed by atoms with Crippen LogP contribution in [0.3, 0.4) is 0 Å². The molecule has 0 radical (unpaired) electrons. The molecule has 8 heteroatoms. The van der Waals surface area contributed by atoms with Crippen LogP contribution < -0.4 is 15.6 Å². The maximum Gasteiger partial charge on any atom is 0.394 e. The molecule has 1 aliphatic heterocycles. The van der Waals surface area contributed by atoms with Gasteiger partial charge in [0.25, 0.3) is 5.56 Å². The van der Waals surface area contributed by atoms with Gasteiger partial charge in [0, 0.05) is 12.2 Å². The highest BCUT2D eigenvalue weighted by molar-refractivity contribution is 6.36. The lowest BCUT2D eigenvalue weighted by atomic mass is 10.1. The number of benzene rings is 2. The van der Waals surface area contributed by atoms with E-state index in [1.807, 2.05) is 37.3 Å². The van der Waals surface area contributed by atoms with Gasteiger partial charge in [0.2, 0.25) is 0 Å². The highest BCUT2D eigenvalue weighted by Gasteiger charge is 2.21. The van der Waals surface area contributed by atoms with Crippen LogP contribution >= 0.6 is 0 Å². The van der Waals surface area contributed by atoms with E-state index >= 15 is 0 Å². The number of aromatic nitrogens is 2. The Bertz CT molecular complexity index is 1240. The number of hydrogen-bond acceptors (Lipinski definition) is 5. The lowest BCUT2D eigenvalue weighted by molar-refractivity contribution is -0.147. The Balaban J connectivity index is 1.72. The number of ether oxygens (including phenoxy) is 1. The van der Waals surface area contributed by atoms with E-state index in [0.717, 1.165) is 16.9 Å². The molecule has 1 aromatic heterocycles. The molecule has 0 aliphatic carbocycles. The number of anilines is 1. The summed E-state index contributed by atoms with van der Waals surface area (Å²) in [6.45, 7) is 3.07. The smallest absolute Gasteiger partial charge is 0.394 e. The lowest BCUT2D eigenvalue weighted by Crippen LogP contribution is -2.23. The van der Waals surface area contributed by atoms with E-state index in [2.05, 4.69) is 10.3 Å². The number of carbonyl (C=O) groups is 2. The van der Waals surface area contributed by atoms with E-state index < -0.39 is 11.9 Å². The predicted octanol–water partition coefficient (Wildman–Crippen LogP) is 2.76. The van der Waals surface area contributed by atoms with Crippen LogP contribution in [0.1, 0.15) is 24.7 Å². The number of carbonyl (C=O) groups excluding carboxylic acids is 1. The van der Waals surface area contributed by atoms with E-state index in [9.17, 15) is 14.4 Å². The van der Waals surface area contributed by atoms with E-state index in [1.54, 1.807) is 10.6 Å². The molecule has 0 fully saturated rings. The first-order valence-corrected chi connectivity index (χ1v) is 9.49. The molecule has 0 saturated carbocycles. The van der Waals surface area contributed by atoms with Crippen molar-refractivity contribution in [3.05, 3.63) is 64.2 Å². The van der Waals surface area contributed by atoms with Gasteiger partial charge in [0.05, 0.1) is 17.5 Å². The van der Waals surface area contributed by atoms with Gasteiger partial charge in [-0.2, -0.15) is 0 Å². The highest BCUT2D eigenvalue weighted by Crippen LogP contribution is 2.28. The minimum Gasteiger partial charge on any atom is -0.494 e. The van der Waals surface area contributed by atoms with Crippen molar-refractivity contribution in [1.82, 2.24) is 9.55 Å². The summed E-state index contributed by atoms with van der Waals surface area (Å²) in [5.41, 5.74) is 2.40. The summed E-state index contributed by atoms with van der Waals surface area (Å²) in [5, 5.41) is 11.4. The van der Waals surface area contributed by atoms with Crippen molar-refractivity contribution < 1.29 is 19.4 Å². The monoisotopic (exact) mass is 405 g/mol. The molecule has 2 heterocycles. The molecular weight excluding hydrogens is 386 g/mol. The minimum atomic E-state index is -1.59. The predicted molar refractivity (Wildman–Crippen MR) is 112 cm³/mol. The Morgan fingerprint density at radius 1 is 1.23 bits per heavy atom. The summed E-state index contributed by atoms with van der Waals surface area (Å²) in [5.74, 6) is -1.37. The van der Waals surface area contributed by atoms with E-state index in [-0.39, 0.29) is 11.2 Å². The molecular formula is C22H19N3O5. The van der Waals surface area contributed by atoms with Gasteiger partial charge < -0.3 is 15.2 Å². The zero-order chi connectivity index (χ0) is 21.3. The molecule has 152 valence electrons. The zero-order valence-corrected chi connectivity index (χ0v) is 16.2. The van der Waals surface area contributed by atoms with Crippen molar-refractivity contribution in [3.63, 3.8) is 0 Å². The van der Waals surface area contributed by atoms with Crippen LogP contribution in [0, 0.1) is 0 Å². The van der Waals surface area contributed by atoms with Crippen LogP contribution in [0.4, 0.5) is 5.69 Å². The number of nitrogens with one attached hydrogen (secondary N) is 1. The third-order valence-electron chi connectivity index (χ3n) is 4.83. The summed E-state index contributed by atoms with van der Waals surface area (Å²) >= 11 is 0. The first-order chi connectivity index (χ1) is 14.5. The summed E-state index contributed by atoms with van der Waals surface area (Å²) < 4.78 is 7.10. The average Bonchev–Trinajstić information content (AvgIpc) is 3.12. The van der Waals surface area contributed by atoms with Gasteiger partial charge in [0.15, 0.2) is 0 Å². The van der Waals surface area contributed by atoms with Crippen LogP contribution in [-0.2, 0) is 16.1 Å². The molecule has 0 spiro atoms. The molecule has 8 nitrogen and oxygen atoms in total. The third kappa shape index (κ3) is 3.67. The quantitative estimate of drug-likeness (QED) is 0.646. The largest absolute Gasteiger partial charge is 0.494 e. The van der Waals surface area contributed by atoms with Crippen LogP contribution in [0.15, 0.2) is 47.3 Å².